The molecule has 2 heterocycles. The zero-order valence-corrected chi connectivity index (χ0v) is 9.79. The molecular formula is C9H8N6O2S. The maximum absolute atomic E-state index is 10.9. The third kappa shape index (κ3) is 2.70. The summed E-state index contributed by atoms with van der Waals surface area (Å²) in [6.45, 7) is 0. The Hall–Kier alpha value is -2.26. The molecule has 2 aromatic heterocycles. The second kappa shape index (κ2) is 5.38. The molecule has 0 aliphatic carbocycles. The van der Waals surface area contributed by atoms with Gasteiger partial charge in [0.05, 0.1) is 11.1 Å². The second-order valence-electron chi connectivity index (χ2n) is 3.07. The van der Waals surface area contributed by atoms with Crippen LogP contribution >= 0.6 is 11.8 Å². The van der Waals surface area contributed by atoms with E-state index in [2.05, 4.69) is 20.4 Å². The summed E-state index contributed by atoms with van der Waals surface area (Å²) in [5.74, 6) is 5.56. The topological polar surface area (TPSA) is 120 Å². The van der Waals surface area contributed by atoms with E-state index < -0.39 is 4.92 Å². The largest absolute Gasteiger partial charge is 0.308 e. The van der Waals surface area contributed by atoms with Crippen molar-refractivity contribution in [2.24, 2.45) is 5.84 Å². The number of aromatic nitrogens is 3. The van der Waals surface area contributed by atoms with Crippen LogP contribution in [0.4, 0.5) is 11.5 Å². The maximum atomic E-state index is 10.9. The summed E-state index contributed by atoms with van der Waals surface area (Å²) in [7, 11) is 0. The predicted octanol–water partition coefficient (Wildman–Crippen LogP) is 1.22. The van der Waals surface area contributed by atoms with Crippen molar-refractivity contribution in [2.45, 2.75) is 10.1 Å². The third-order valence-corrected chi connectivity index (χ3v) is 2.84. The van der Waals surface area contributed by atoms with Gasteiger partial charge >= 0.3 is 5.69 Å². The van der Waals surface area contributed by atoms with Gasteiger partial charge in [-0.05, 0) is 17.8 Å². The van der Waals surface area contributed by atoms with Crippen molar-refractivity contribution < 1.29 is 4.92 Å². The first-order valence-corrected chi connectivity index (χ1v) is 5.58. The number of nitrogens with one attached hydrogen (secondary N) is 1. The fourth-order valence-corrected chi connectivity index (χ4v) is 1.98. The van der Waals surface area contributed by atoms with Crippen LogP contribution in [0.2, 0.25) is 0 Å². The van der Waals surface area contributed by atoms with Crippen LogP contribution in [0.25, 0.3) is 0 Å². The van der Waals surface area contributed by atoms with E-state index in [1.165, 1.54) is 30.7 Å². The molecule has 0 saturated heterocycles. The number of nitro groups is 1. The third-order valence-electron chi connectivity index (χ3n) is 1.93. The van der Waals surface area contributed by atoms with Crippen LogP contribution in [-0.2, 0) is 0 Å². The van der Waals surface area contributed by atoms with E-state index in [4.69, 9.17) is 5.84 Å². The number of nitrogens with two attached hydrogens (primary N) is 1. The van der Waals surface area contributed by atoms with Crippen molar-refractivity contribution in [3.63, 3.8) is 0 Å². The van der Waals surface area contributed by atoms with E-state index in [0.717, 1.165) is 11.8 Å². The lowest BCUT2D eigenvalue weighted by Crippen LogP contribution is -2.09. The van der Waals surface area contributed by atoms with Gasteiger partial charge in [0.1, 0.15) is 10.8 Å². The van der Waals surface area contributed by atoms with Crippen LogP contribution < -0.4 is 11.3 Å². The van der Waals surface area contributed by atoms with Gasteiger partial charge in [0, 0.05) is 18.5 Å². The average Bonchev–Trinajstić information content (AvgIpc) is 2.39. The molecule has 0 aromatic carbocycles. The molecule has 3 N–H and O–H groups in total. The standard InChI is InChI=1S/C9H8N6O2S/c10-14-7-2-1-6(15(16)17)9(13-7)18-8-5-11-3-4-12-8/h1-5H,10H2,(H,13,14). The van der Waals surface area contributed by atoms with E-state index in [-0.39, 0.29) is 10.7 Å². The molecule has 18 heavy (non-hydrogen) atoms. The van der Waals surface area contributed by atoms with Gasteiger partial charge in [-0.25, -0.2) is 15.8 Å². The lowest BCUT2D eigenvalue weighted by molar-refractivity contribution is -0.388. The normalized spacial score (nSPS) is 10.1. The highest BCUT2D eigenvalue weighted by molar-refractivity contribution is 7.99. The highest BCUT2D eigenvalue weighted by Gasteiger charge is 2.17. The molecule has 0 fully saturated rings. The first kappa shape index (κ1) is 12.2. The molecular weight excluding hydrogens is 256 g/mol. The highest BCUT2D eigenvalue weighted by atomic mass is 32.2. The summed E-state index contributed by atoms with van der Waals surface area (Å²) in [5.41, 5.74) is 2.23. The molecule has 0 unspecified atom stereocenters. The quantitative estimate of drug-likeness (QED) is 0.480. The smallest absolute Gasteiger partial charge is 0.301 e. The van der Waals surface area contributed by atoms with Crippen molar-refractivity contribution in [1.29, 1.82) is 0 Å². The van der Waals surface area contributed by atoms with Crippen LogP contribution in [0.3, 0.4) is 0 Å². The summed E-state index contributed by atoms with van der Waals surface area (Å²) >= 11 is 1.05. The van der Waals surface area contributed by atoms with Gasteiger partial charge in [-0.15, -0.1) is 0 Å². The Kier molecular flexibility index (Phi) is 3.65. The first-order valence-electron chi connectivity index (χ1n) is 4.76. The van der Waals surface area contributed by atoms with Crippen LogP contribution in [0.1, 0.15) is 0 Å². The molecule has 0 amide bonds. The van der Waals surface area contributed by atoms with Crippen molar-refractivity contribution in [2.75, 3.05) is 5.43 Å². The molecule has 0 atom stereocenters. The zero-order valence-electron chi connectivity index (χ0n) is 8.98. The van der Waals surface area contributed by atoms with E-state index in [1.807, 2.05) is 0 Å². The monoisotopic (exact) mass is 264 g/mol. The van der Waals surface area contributed by atoms with Gasteiger partial charge in [0.15, 0.2) is 5.03 Å². The zero-order chi connectivity index (χ0) is 13.0. The number of hydrogen-bond donors (Lipinski definition) is 2. The minimum atomic E-state index is -0.508. The Morgan fingerprint density at radius 2 is 2.22 bits per heavy atom. The van der Waals surface area contributed by atoms with E-state index >= 15 is 0 Å². The number of rotatable bonds is 4. The van der Waals surface area contributed by atoms with Crippen LogP contribution in [0.5, 0.6) is 0 Å². The van der Waals surface area contributed by atoms with E-state index in [0.29, 0.717) is 10.8 Å². The molecule has 0 bridgehead atoms. The predicted molar refractivity (Wildman–Crippen MR) is 64.9 cm³/mol. The van der Waals surface area contributed by atoms with Crippen LogP contribution in [-0.4, -0.2) is 19.9 Å². The fourth-order valence-electron chi connectivity index (χ4n) is 1.16. The Morgan fingerprint density at radius 3 is 2.83 bits per heavy atom. The fraction of sp³-hybridized carbons (Fsp3) is 0. The molecule has 2 rings (SSSR count). The van der Waals surface area contributed by atoms with E-state index in [9.17, 15) is 10.1 Å². The van der Waals surface area contributed by atoms with Crippen molar-refractivity contribution >= 4 is 23.3 Å². The van der Waals surface area contributed by atoms with Crippen molar-refractivity contribution in [3.8, 4) is 0 Å². The van der Waals surface area contributed by atoms with Gasteiger partial charge in [-0.2, -0.15) is 0 Å². The van der Waals surface area contributed by atoms with Gasteiger partial charge < -0.3 is 5.43 Å². The number of nitrogen functional groups attached to an aromatic ring is 1. The molecule has 9 heteroatoms. The van der Waals surface area contributed by atoms with Crippen molar-refractivity contribution in [1.82, 2.24) is 15.0 Å². The summed E-state index contributed by atoms with van der Waals surface area (Å²) < 4.78 is 0. The summed E-state index contributed by atoms with van der Waals surface area (Å²) in [5, 5.41) is 11.6. The first-order chi connectivity index (χ1) is 8.70. The minimum Gasteiger partial charge on any atom is -0.308 e. The second-order valence-corrected chi connectivity index (χ2v) is 4.08. The lowest BCUT2D eigenvalue weighted by atomic mass is 10.4. The van der Waals surface area contributed by atoms with Crippen molar-refractivity contribution in [3.05, 3.63) is 40.8 Å². The SMILES string of the molecule is NNc1ccc([N+](=O)[O-])c(Sc2cnccn2)n1. The molecule has 0 aliphatic heterocycles. The highest BCUT2D eigenvalue weighted by Crippen LogP contribution is 2.32. The molecule has 0 aliphatic rings. The molecule has 0 saturated carbocycles. The molecule has 8 nitrogen and oxygen atoms in total. The minimum absolute atomic E-state index is 0.107. The van der Waals surface area contributed by atoms with Crippen LogP contribution in [0.15, 0.2) is 40.8 Å². The summed E-state index contributed by atoms with van der Waals surface area (Å²) in [4.78, 5) is 22.3. The summed E-state index contributed by atoms with van der Waals surface area (Å²) in [6.07, 6.45) is 4.52. The Balaban J connectivity index is 2.38. The lowest BCUT2D eigenvalue weighted by Gasteiger charge is -2.03. The number of nitrogens with zero attached hydrogens (tertiary/aromatic N) is 4. The number of pyridine rings is 1. The van der Waals surface area contributed by atoms with Gasteiger partial charge in [0.25, 0.3) is 0 Å². The Labute approximate surface area is 106 Å². The molecule has 92 valence electrons. The number of hydrogen-bond acceptors (Lipinski definition) is 8. The molecule has 0 spiro atoms. The van der Waals surface area contributed by atoms with Gasteiger partial charge in [0.2, 0.25) is 0 Å². The number of anilines is 1. The van der Waals surface area contributed by atoms with Crippen LogP contribution in [0, 0.1) is 10.1 Å². The Bertz CT molecular complexity index is 564. The Morgan fingerprint density at radius 1 is 1.39 bits per heavy atom. The average molecular weight is 264 g/mol. The van der Waals surface area contributed by atoms with Gasteiger partial charge in [-0.3, -0.25) is 15.1 Å². The molecule has 2 aromatic rings. The molecule has 0 radical (unpaired) electrons. The van der Waals surface area contributed by atoms with Gasteiger partial charge in [-0.1, -0.05) is 0 Å². The summed E-state index contributed by atoms with van der Waals surface area (Å²) in [6, 6.07) is 2.76. The van der Waals surface area contributed by atoms with E-state index in [1.54, 1.807) is 0 Å². The number of hydrazine groups is 1. The maximum Gasteiger partial charge on any atom is 0.301 e.